The third-order valence-corrected chi connectivity index (χ3v) is 7.63. The molecule has 142 valence electrons. The van der Waals surface area contributed by atoms with E-state index in [9.17, 15) is 17.9 Å². The van der Waals surface area contributed by atoms with E-state index in [0.717, 1.165) is 12.8 Å². The number of piperidine rings is 1. The van der Waals surface area contributed by atoms with Crippen LogP contribution in [-0.4, -0.2) is 47.4 Å². The first-order valence-corrected chi connectivity index (χ1v) is 10.9. The van der Waals surface area contributed by atoms with Crippen LogP contribution in [0.2, 0.25) is 5.02 Å². The molecule has 2 aromatic rings. The van der Waals surface area contributed by atoms with Crippen molar-refractivity contribution in [2.24, 2.45) is 11.3 Å². The Hall–Kier alpha value is -1.22. The third kappa shape index (κ3) is 2.83. The monoisotopic (exact) mass is 401 g/mol. The van der Waals surface area contributed by atoms with E-state index in [-0.39, 0.29) is 16.5 Å². The van der Waals surface area contributed by atoms with Crippen LogP contribution >= 0.6 is 11.6 Å². The van der Waals surface area contributed by atoms with Crippen LogP contribution in [0.1, 0.15) is 37.4 Å². The second-order valence-electron chi connectivity index (χ2n) is 7.49. The lowest BCUT2D eigenvalue weighted by molar-refractivity contribution is 0.0329. The quantitative estimate of drug-likeness (QED) is 0.824. The molecular formula is C17H21ClFN3O3S. The van der Waals surface area contributed by atoms with E-state index >= 15 is 0 Å². The van der Waals surface area contributed by atoms with Crippen molar-refractivity contribution < 1.29 is 17.9 Å². The summed E-state index contributed by atoms with van der Waals surface area (Å²) in [6.45, 7) is 0.880. The molecule has 2 aliphatic rings. The zero-order valence-corrected chi connectivity index (χ0v) is 15.9. The molecule has 1 saturated heterocycles. The predicted octanol–water partition coefficient (Wildman–Crippen LogP) is 2.84. The number of benzene rings is 1. The molecular weight excluding hydrogens is 381 g/mol. The van der Waals surface area contributed by atoms with Crippen LogP contribution in [0.3, 0.4) is 0 Å². The van der Waals surface area contributed by atoms with E-state index in [0.29, 0.717) is 36.8 Å². The number of aliphatic hydroxyl groups excluding tert-OH is 1. The Morgan fingerprint density at radius 3 is 2.65 bits per heavy atom. The molecule has 0 spiro atoms. The highest BCUT2D eigenvalue weighted by molar-refractivity contribution is 7.88. The average Bonchev–Trinajstić information content (AvgIpc) is 3.29. The molecule has 0 amide bonds. The van der Waals surface area contributed by atoms with E-state index in [2.05, 4.69) is 10.2 Å². The SMILES string of the molecule is CS(=O)(=O)N1CCC(C2(C(O)c3c(F)c(Cl)cc4cn[nH]c34)CC2)CC1. The van der Waals surface area contributed by atoms with Crippen molar-refractivity contribution >= 4 is 32.5 Å². The molecule has 26 heavy (non-hydrogen) atoms. The molecule has 4 rings (SSSR count). The number of rotatable bonds is 4. The lowest BCUT2D eigenvalue weighted by atomic mass is 9.76. The Balaban J connectivity index is 1.64. The van der Waals surface area contributed by atoms with Crippen molar-refractivity contribution in [3.05, 3.63) is 28.7 Å². The van der Waals surface area contributed by atoms with Gasteiger partial charge in [0.05, 0.1) is 29.1 Å². The number of nitrogens with one attached hydrogen (secondary N) is 1. The van der Waals surface area contributed by atoms with Crippen LogP contribution < -0.4 is 0 Å². The number of aliphatic hydroxyl groups is 1. The minimum atomic E-state index is -3.20. The zero-order valence-electron chi connectivity index (χ0n) is 14.4. The van der Waals surface area contributed by atoms with Gasteiger partial charge in [0.25, 0.3) is 0 Å². The number of sulfonamides is 1. The fourth-order valence-electron chi connectivity index (χ4n) is 4.41. The molecule has 0 radical (unpaired) electrons. The minimum absolute atomic E-state index is 0.0318. The van der Waals surface area contributed by atoms with Gasteiger partial charge in [0.15, 0.2) is 0 Å². The summed E-state index contributed by atoms with van der Waals surface area (Å²) in [4.78, 5) is 0. The van der Waals surface area contributed by atoms with Gasteiger partial charge in [-0.15, -0.1) is 0 Å². The maximum Gasteiger partial charge on any atom is 0.211 e. The highest BCUT2D eigenvalue weighted by atomic mass is 35.5. The maximum absolute atomic E-state index is 14.8. The van der Waals surface area contributed by atoms with Crippen LogP contribution in [-0.2, 0) is 10.0 Å². The predicted molar refractivity (Wildman–Crippen MR) is 96.8 cm³/mol. The first-order valence-electron chi connectivity index (χ1n) is 8.68. The van der Waals surface area contributed by atoms with Crippen LogP contribution in [0, 0.1) is 17.2 Å². The van der Waals surface area contributed by atoms with Crippen molar-refractivity contribution in [2.45, 2.75) is 31.8 Å². The smallest absolute Gasteiger partial charge is 0.211 e. The zero-order chi connectivity index (χ0) is 18.7. The highest BCUT2D eigenvalue weighted by Gasteiger charge is 2.56. The molecule has 1 unspecified atom stereocenters. The summed E-state index contributed by atoms with van der Waals surface area (Å²) < 4.78 is 39.7. The molecule has 2 fully saturated rings. The number of aromatic nitrogens is 2. The molecule has 1 saturated carbocycles. The minimum Gasteiger partial charge on any atom is -0.388 e. The number of nitrogens with zero attached hydrogens (tertiary/aromatic N) is 2. The Kier molecular flexibility index (Phi) is 4.30. The van der Waals surface area contributed by atoms with Crippen LogP contribution in [0.5, 0.6) is 0 Å². The van der Waals surface area contributed by atoms with E-state index in [1.54, 1.807) is 6.20 Å². The summed E-state index contributed by atoms with van der Waals surface area (Å²) in [6.07, 6.45) is 4.68. The molecule has 1 aliphatic heterocycles. The number of hydrogen-bond donors (Lipinski definition) is 2. The average molecular weight is 402 g/mol. The van der Waals surface area contributed by atoms with Gasteiger partial charge in [0.1, 0.15) is 5.82 Å². The summed E-state index contributed by atoms with van der Waals surface area (Å²) in [5.41, 5.74) is 0.222. The van der Waals surface area contributed by atoms with Gasteiger partial charge in [-0.1, -0.05) is 11.6 Å². The van der Waals surface area contributed by atoms with E-state index < -0.39 is 27.4 Å². The van der Waals surface area contributed by atoms with Crippen LogP contribution in [0.25, 0.3) is 10.9 Å². The molecule has 6 nitrogen and oxygen atoms in total. The topological polar surface area (TPSA) is 86.3 Å². The lowest BCUT2D eigenvalue weighted by Gasteiger charge is -2.37. The fraction of sp³-hybridized carbons (Fsp3) is 0.588. The van der Waals surface area contributed by atoms with Crippen LogP contribution in [0.4, 0.5) is 4.39 Å². The standard InChI is InChI=1S/C17H21ClFN3O3S/c1-26(24,25)22-6-2-11(3-7-22)17(4-5-17)16(23)13-14(19)12(18)8-10-9-20-21-15(10)13/h8-9,11,16,23H,2-7H2,1H3,(H,20,21). The van der Waals surface area contributed by atoms with Gasteiger partial charge in [-0.2, -0.15) is 5.10 Å². The van der Waals surface area contributed by atoms with Crippen molar-refractivity contribution in [1.29, 1.82) is 0 Å². The molecule has 1 aromatic carbocycles. The highest BCUT2D eigenvalue weighted by Crippen LogP contribution is 2.63. The Morgan fingerprint density at radius 1 is 1.42 bits per heavy atom. The molecule has 0 bridgehead atoms. The summed E-state index contributed by atoms with van der Waals surface area (Å²) in [6, 6.07) is 1.50. The second kappa shape index (κ2) is 6.15. The summed E-state index contributed by atoms with van der Waals surface area (Å²) in [5.74, 6) is -0.470. The molecule has 1 atom stereocenters. The Labute approximate surface area is 156 Å². The second-order valence-corrected chi connectivity index (χ2v) is 9.88. The Bertz CT molecular complexity index is 950. The largest absolute Gasteiger partial charge is 0.388 e. The first kappa shape index (κ1) is 18.2. The number of fused-ring (bicyclic) bond motifs is 1. The van der Waals surface area contributed by atoms with Gasteiger partial charge in [0, 0.05) is 29.5 Å². The molecule has 1 aromatic heterocycles. The summed E-state index contributed by atoms with van der Waals surface area (Å²) >= 11 is 6.02. The number of H-pyrrole nitrogens is 1. The van der Waals surface area contributed by atoms with Crippen molar-refractivity contribution in [1.82, 2.24) is 14.5 Å². The van der Waals surface area contributed by atoms with E-state index in [4.69, 9.17) is 11.6 Å². The van der Waals surface area contributed by atoms with Crippen molar-refractivity contribution in [3.63, 3.8) is 0 Å². The van der Waals surface area contributed by atoms with Gasteiger partial charge in [0.2, 0.25) is 10.0 Å². The van der Waals surface area contributed by atoms with Gasteiger partial charge in [-0.05, 0) is 37.7 Å². The lowest BCUT2D eigenvalue weighted by Crippen LogP contribution is -2.41. The molecule has 1 aliphatic carbocycles. The normalized spacial score (nSPS) is 22.6. The van der Waals surface area contributed by atoms with Crippen molar-refractivity contribution in [3.8, 4) is 0 Å². The van der Waals surface area contributed by atoms with Gasteiger partial charge in [-0.25, -0.2) is 17.1 Å². The van der Waals surface area contributed by atoms with Crippen molar-refractivity contribution in [2.75, 3.05) is 19.3 Å². The summed E-state index contributed by atoms with van der Waals surface area (Å²) in [7, 11) is -3.20. The van der Waals surface area contributed by atoms with Gasteiger partial charge in [-0.3, -0.25) is 5.10 Å². The van der Waals surface area contributed by atoms with Gasteiger partial charge >= 0.3 is 0 Å². The van der Waals surface area contributed by atoms with E-state index in [1.807, 2.05) is 0 Å². The molecule has 9 heteroatoms. The Morgan fingerprint density at radius 2 is 2.08 bits per heavy atom. The van der Waals surface area contributed by atoms with Crippen LogP contribution in [0.15, 0.2) is 12.3 Å². The first-order chi connectivity index (χ1) is 12.2. The molecule has 2 N–H and O–H groups in total. The summed E-state index contributed by atoms with van der Waals surface area (Å²) in [5, 5.41) is 18.5. The van der Waals surface area contributed by atoms with E-state index in [1.165, 1.54) is 16.6 Å². The number of hydrogen-bond acceptors (Lipinski definition) is 4. The maximum atomic E-state index is 14.8. The third-order valence-electron chi connectivity index (χ3n) is 6.05. The fourth-order valence-corrected chi connectivity index (χ4v) is 5.51. The van der Waals surface area contributed by atoms with Gasteiger partial charge < -0.3 is 5.11 Å². The molecule has 2 heterocycles. The number of halogens is 2. The number of aromatic amines is 1.